The predicted octanol–water partition coefficient (Wildman–Crippen LogP) is 1.22. The first-order chi connectivity index (χ1) is 6.81. The third kappa shape index (κ3) is 1.80. The number of nitrogens with zero attached hydrogens (tertiary/aromatic N) is 2. The average molecular weight is 194 g/mol. The Morgan fingerprint density at radius 3 is 3.00 bits per heavy atom. The van der Waals surface area contributed by atoms with Crippen LogP contribution in [0.2, 0.25) is 0 Å². The molecule has 0 bridgehead atoms. The Hall–Kier alpha value is -0.900. The molecule has 0 aliphatic carbocycles. The van der Waals surface area contributed by atoms with Gasteiger partial charge in [0, 0.05) is 18.4 Å². The molecule has 78 valence electrons. The van der Waals surface area contributed by atoms with Gasteiger partial charge in [0.25, 0.3) is 0 Å². The van der Waals surface area contributed by atoms with Crippen LogP contribution in [0.4, 0.5) is 0 Å². The summed E-state index contributed by atoms with van der Waals surface area (Å²) in [4.78, 5) is 4.50. The summed E-state index contributed by atoms with van der Waals surface area (Å²) in [5.74, 6) is 2.47. The van der Waals surface area contributed by atoms with Gasteiger partial charge in [0.2, 0.25) is 0 Å². The molecule has 14 heavy (non-hydrogen) atoms. The lowest BCUT2D eigenvalue weighted by Gasteiger charge is -2.27. The fraction of sp³-hybridized carbons (Fsp3) is 0.800. The number of hydrogen-bond donors (Lipinski definition) is 2. The monoisotopic (exact) mass is 194 g/mol. The molecule has 1 fully saturated rings. The molecule has 2 unspecified atom stereocenters. The van der Waals surface area contributed by atoms with Gasteiger partial charge in [0.05, 0.1) is 0 Å². The minimum absolute atomic E-state index is 0.486. The largest absolute Gasteiger partial charge is 0.314 e. The molecule has 2 heterocycles. The molecule has 0 saturated carbocycles. The molecule has 1 aromatic rings. The van der Waals surface area contributed by atoms with E-state index in [1.807, 2.05) is 0 Å². The normalized spacial score (nSPS) is 27.9. The Balaban J connectivity index is 2.12. The predicted molar refractivity (Wildman–Crippen MR) is 55.2 cm³/mol. The number of nitrogens with one attached hydrogen (secondary N) is 2. The van der Waals surface area contributed by atoms with E-state index in [0.717, 1.165) is 24.6 Å². The van der Waals surface area contributed by atoms with Gasteiger partial charge in [-0.2, -0.15) is 5.10 Å². The van der Waals surface area contributed by atoms with Crippen molar-refractivity contribution in [2.45, 2.75) is 45.1 Å². The lowest BCUT2D eigenvalue weighted by Crippen LogP contribution is -2.38. The van der Waals surface area contributed by atoms with Crippen LogP contribution >= 0.6 is 0 Å². The van der Waals surface area contributed by atoms with Gasteiger partial charge in [-0.25, -0.2) is 4.98 Å². The van der Waals surface area contributed by atoms with Crippen molar-refractivity contribution in [3.05, 3.63) is 11.6 Å². The van der Waals surface area contributed by atoms with Crippen molar-refractivity contribution in [2.75, 3.05) is 6.54 Å². The molecule has 0 aromatic carbocycles. The molecule has 0 amide bonds. The highest BCUT2D eigenvalue weighted by atomic mass is 15.2. The van der Waals surface area contributed by atoms with Crippen molar-refractivity contribution in [3.63, 3.8) is 0 Å². The third-order valence-electron chi connectivity index (χ3n) is 2.98. The van der Waals surface area contributed by atoms with E-state index in [1.165, 1.54) is 12.8 Å². The average Bonchev–Trinajstić information content (AvgIpc) is 2.67. The first kappa shape index (κ1) is 9.65. The summed E-state index contributed by atoms with van der Waals surface area (Å²) in [6.07, 6.45) is 3.36. The molecule has 2 rings (SSSR count). The number of aromatic amines is 1. The smallest absolute Gasteiger partial charge is 0.155 e. The van der Waals surface area contributed by atoms with E-state index in [4.69, 9.17) is 0 Å². The molecule has 0 radical (unpaired) electrons. The Labute approximate surface area is 84.5 Å². The lowest BCUT2D eigenvalue weighted by atomic mass is 9.91. The van der Waals surface area contributed by atoms with Gasteiger partial charge in [-0.05, 0) is 26.3 Å². The van der Waals surface area contributed by atoms with Crippen LogP contribution in [0.15, 0.2) is 0 Å². The molecule has 4 nitrogen and oxygen atoms in total. The van der Waals surface area contributed by atoms with Crippen molar-refractivity contribution in [2.24, 2.45) is 0 Å². The van der Waals surface area contributed by atoms with Gasteiger partial charge < -0.3 is 5.32 Å². The van der Waals surface area contributed by atoms with Crippen LogP contribution in [0.5, 0.6) is 0 Å². The fourth-order valence-electron chi connectivity index (χ4n) is 2.03. The maximum absolute atomic E-state index is 4.50. The Bertz CT molecular complexity index is 294. The van der Waals surface area contributed by atoms with Gasteiger partial charge in [-0.1, -0.05) is 6.92 Å². The summed E-state index contributed by atoms with van der Waals surface area (Å²) in [6, 6.07) is 0.504. The Morgan fingerprint density at radius 2 is 2.36 bits per heavy atom. The van der Waals surface area contributed by atoms with Gasteiger partial charge in [-0.15, -0.1) is 0 Å². The summed E-state index contributed by atoms with van der Waals surface area (Å²) in [7, 11) is 0. The first-order valence-electron chi connectivity index (χ1n) is 5.45. The molecular weight excluding hydrogens is 176 g/mol. The molecule has 0 spiro atoms. The number of piperidine rings is 1. The molecule has 2 atom stereocenters. The minimum atomic E-state index is 0.486. The number of hydrogen-bond acceptors (Lipinski definition) is 3. The standard InChI is InChI=1S/C10H18N4/c1-3-9-12-10(14-13-9)8-5-4-6-11-7(8)2/h7-8,11H,3-6H2,1-2H3,(H,12,13,14). The van der Waals surface area contributed by atoms with Gasteiger partial charge >= 0.3 is 0 Å². The molecule has 1 aliphatic rings. The zero-order chi connectivity index (χ0) is 9.97. The minimum Gasteiger partial charge on any atom is -0.314 e. The second kappa shape index (κ2) is 4.09. The zero-order valence-corrected chi connectivity index (χ0v) is 8.88. The highest BCUT2D eigenvalue weighted by Crippen LogP contribution is 2.24. The summed E-state index contributed by atoms with van der Waals surface area (Å²) in [5, 5.41) is 10.7. The van der Waals surface area contributed by atoms with Gasteiger partial charge in [0.15, 0.2) is 5.82 Å². The van der Waals surface area contributed by atoms with Crippen LogP contribution in [0.3, 0.4) is 0 Å². The van der Waals surface area contributed by atoms with Crippen molar-refractivity contribution in [3.8, 4) is 0 Å². The van der Waals surface area contributed by atoms with Crippen LogP contribution in [0, 0.1) is 0 Å². The fourth-order valence-corrected chi connectivity index (χ4v) is 2.03. The second-order valence-corrected chi connectivity index (χ2v) is 3.99. The lowest BCUT2D eigenvalue weighted by molar-refractivity contribution is 0.360. The van der Waals surface area contributed by atoms with E-state index in [1.54, 1.807) is 0 Å². The van der Waals surface area contributed by atoms with Crippen molar-refractivity contribution in [1.29, 1.82) is 0 Å². The van der Waals surface area contributed by atoms with Crippen molar-refractivity contribution >= 4 is 0 Å². The number of aryl methyl sites for hydroxylation is 1. The first-order valence-corrected chi connectivity index (χ1v) is 5.45. The van der Waals surface area contributed by atoms with Crippen LogP contribution in [-0.4, -0.2) is 27.8 Å². The van der Waals surface area contributed by atoms with E-state index < -0.39 is 0 Å². The Kier molecular flexibility index (Phi) is 2.82. The zero-order valence-electron chi connectivity index (χ0n) is 8.88. The molecule has 1 aromatic heterocycles. The summed E-state index contributed by atoms with van der Waals surface area (Å²) in [6.45, 7) is 5.43. The summed E-state index contributed by atoms with van der Waals surface area (Å²) >= 11 is 0. The second-order valence-electron chi connectivity index (χ2n) is 3.99. The third-order valence-corrected chi connectivity index (χ3v) is 2.98. The van der Waals surface area contributed by atoms with Gasteiger partial charge in [0.1, 0.15) is 5.82 Å². The van der Waals surface area contributed by atoms with E-state index >= 15 is 0 Å². The van der Waals surface area contributed by atoms with Crippen molar-refractivity contribution in [1.82, 2.24) is 20.5 Å². The van der Waals surface area contributed by atoms with Crippen LogP contribution in [0.1, 0.15) is 44.3 Å². The van der Waals surface area contributed by atoms with E-state index in [9.17, 15) is 0 Å². The van der Waals surface area contributed by atoms with Crippen LogP contribution in [-0.2, 0) is 6.42 Å². The number of rotatable bonds is 2. The van der Waals surface area contributed by atoms with Gasteiger partial charge in [-0.3, -0.25) is 5.10 Å². The van der Waals surface area contributed by atoms with E-state index in [2.05, 4.69) is 34.3 Å². The van der Waals surface area contributed by atoms with Crippen LogP contribution in [0.25, 0.3) is 0 Å². The highest BCUT2D eigenvalue weighted by molar-refractivity contribution is 5.03. The Morgan fingerprint density at radius 1 is 1.50 bits per heavy atom. The molecule has 2 N–H and O–H groups in total. The van der Waals surface area contributed by atoms with Crippen LogP contribution < -0.4 is 5.32 Å². The van der Waals surface area contributed by atoms with E-state index in [-0.39, 0.29) is 0 Å². The van der Waals surface area contributed by atoms with E-state index in [0.29, 0.717) is 12.0 Å². The maximum atomic E-state index is 4.50. The molecule has 1 saturated heterocycles. The van der Waals surface area contributed by atoms with Crippen molar-refractivity contribution < 1.29 is 0 Å². The quantitative estimate of drug-likeness (QED) is 0.744. The topological polar surface area (TPSA) is 53.6 Å². The number of aromatic nitrogens is 3. The summed E-state index contributed by atoms with van der Waals surface area (Å²) < 4.78 is 0. The maximum Gasteiger partial charge on any atom is 0.155 e. The molecule has 4 heteroatoms. The highest BCUT2D eigenvalue weighted by Gasteiger charge is 2.25. The summed E-state index contributed by atoms with van der Waals surface area (Å²) in [5.41, 5.74) is 0. The number of H-pyrrole nitrogens is 1. The SMILES string of the molecule is CCc1nc(C2CCCNC2C)n[nH]1. The molecule has 1 aliphatic heterocycles. The molecular formula is C10H18N4.